The summed E-state index contributed by atoms with van der Waals surface area (Å²) in [6, 6.07) is 1.81. The molecule has 20 heavy (non-hydrogen) atoms. The molecular weight excluding hydrogens is 289 g/mol. The molecule has 7 heteroatoms. The predicted molar refractivity (Wildman–Crippen MR) is 72.0 cm³/mol. The second kappa shape index (κ2) is 7.31. The largest absolute Gasteiger partial charge is 0.389 e. The van der Waals surface area contributed by atoms with Gasteiger partial charge in [0.15, 0.2) is 0 Å². The molecule has 1 amide bonds. The van der Waals surface area contributed by atoms with Crippen LogP contribution in [-0.2, 0) is 11.3 Å². The van der Waals surface area contributed by atoms with Crippen LogP contribution in [0.5, 0.6) is 0 Å². The highest BCUT2D eigenvalue weighted by Gasteiger charge is 2.28. The quantitative estimate of drug-likeness (QED) is 0.868. The molecule has 0 atom stereocenters. The number of thiophene rings is 1. The summed E-state index contributed by atoms with van der Waals surface area (Å²) in [6.07, 6.45) is -5.91. The van der Waals surface area contributed by atoms with Gasteiger partial charge >= 0.3 is 6.18 Å². The smallest absolute Gasteiger partial charge is 0.341 e. The van der Waals surface area contributed by atoms with Crippen LogP contribution in [0.15, 0.2) is 11.4 Å². The maximum Gasteiger partial charge on any atom is 0.389 e. The molecule has 1 rings (SSSR count). The van der Waals surface area contributed by atoms with Gasteiger partial charge in [-0.05, 0) is 6.07 Å². The average Bonchev–Trinajstić information content (AvgIpc) is 2.80. The van der Waals surface area contributed by atoms with E-state index in [1.807, 2.05) is 5.38 Å². The third kappa shape index (κ3) is 6.08. The van der Waals surface area contributed by atoms with Gasteiger partial charge in [-0.3, -0.25) is 4.79 Å². The van der Waals surface area contributed by atoms with Crippen LogP contribution in [-0.4, -0.2) is 30.6 Å². The van der Waals surface area contributed by atoms with Gasteiger partial charge in [-0.1, -0.05) is 11.8 Å². The Morgan fingerprint density at radius 2 is 2.20 bits per heavy atom. The number of rotatable bonds is 4. The molecule has 1 heterocycles. The molecule has 0 bridgehead atoms. The number of carbonyl (C=O) groups is 1. The van der Waals surface area contributed by atoms with Crippen molar-refractivity contribution >= 4 is 17.2 Å². The summed E-state index contributed by atoms with van der Waals surface area (Å²) in [5.41, 5.74) is 6.05. The third-order valence-electron chi connectivity index (χ3n) is 2.43. The molecule has 0 aliphatic rings. The molecule has 0 aliphatic carbocycles. The molecule has 2 N–H and O–H groups in total. The summed E-state index contributed by atoms with van der Waals surface area (Å²) in [6.45, 7) is 0.548. The van der Waals surface area contributed by atoms with Crippen molar-refractivity contribution in [3.63, 3.8) is 0 Å². The molecule has 110 valence electrons. The number of hydrogen-bond donors (Lipinski definition) is 1. The van der Waals surface area contributed by atoms with Crippen molar-refractivity contribution in [2.75, 3.05) is 13.6 Å². The van der Waals surface area contributed by atoms with E-state index >= 15 is 0 Å². The minimum Gasteiger partial charge on any atom is -0.341 e. The topological polar surface area (TPSA) is 46.3 Å². The maximum absolute atomic E-state index is 12.0. The lowest BCUT2D eigenvalue weighted by atomic mass is 10.2. The van der Waals surface area contributed by atoms with Crippen LogP contribution >= 0.6 is 11.3 Å². The Morgan fingerprint density at radius 3 is 2.80 bits per heavy atom. The van der Waals surface area contributed by atoms with E-state index in [1.54, 1.807) is 6.07 Å². The van der Waals surface area contributed by atoms with Gasteiger partial charge in [0.25, 0.3) is 0 Å². The molecular formula is C13H15F3N2OS. The number of halogens is 3. The Morgan fingerprint density at radius 1 is 1.50 bits per heavy atom. The average molecular weight is 304 g/mol. The van der Waals surface area contributed by atoms with Gasteiger partial charge in [0, 0.05) is 29.3 Å². The number of carbonyl (C=O) groups excluding carboxylic acids is 1. The SMILES string of the molecule is CN(Cc1cc(C#CCN)cs1)C(=O)CCC(F)(F)F. The van der Waals surface area contributed by atoms with E-state index in [4.69, 9.17) is 5.73 Å². The highest BCUT2D eigenvalue weighted by atomic mass is 32.1. The van der Waals surface area contributed by atoms with E-state index < -0.39 is 24.9 Å². The minimum absolute atomic E-state index is 0.265. The predicted octanol–water partition coefficient (Wildman–Crippen LogP) is 2.36. The summed E-state index contributed by atoms with van der Waals surface area (Å²) < 4.78 is 36.1. The van der Waals surface area contributed by atoms with Crippen LogP contribution in [0.25, 0.3) is 0 Å². The molecule has 0 saturated carbocycles. The van der Waals surface area contributed by atoms with E-state index in [1.165, 1.54) is 23.3 Å². The molecule has 1 aromatic rings. The van der Waals surface area contributed by atoms with Crippen LogP contribution in [0.2, 0.25) is 0 Å². The van der Waals surface area contributed by atoms with Crippen molar-refractivity contribution < 1.29 is 18.0 Å². The second-order valence-corrected chi connectivity index (χ2v) is 5.17. The highest BCUT2D eigenvalue weighted by molar-refractivity contribution is 7.10. The van der Waals surface area contributed by atoms with Gasteiger partial charge in [0.2, 0.25) is 5.91 Å². The van der Waals surface area contributed by atoms with Gasteiger partial charge in [0.1, 0.15) is 0 Å². The van der Waals surface area contributed by atoms with E-state index in [0.717, 1.165) is 10.4 Å². The van der Waals surface area contributed by atoms with Crippen molar-refractivity contribution in [2.45, 2.75) is 25.6 Å². The Kier molecular flexibility index (Phi) is 6.05. The Balaban J connectivity index is 2.51. The normalized spacial score (nSPS) is 10.8. The fourth-order valence-corrected chi connectivity index (χ4v) is 2.31. The minimum atomic E-state index is -4.30. The fraction of sp³-hybridized carbons (Fsp3) is 0.462. The molecule has 3 nitrogen and oxygen atoms in total. The molecule has 0 radical (unpaired) electrons. The molecule has 0 spiro atoms. The van der Waals surface area contributed by atoms with Gasteiger partial charge in [-0.25, -0.2) is 0 Å². The summed E-state index contributed by atoms with van der Waals surface area (Å²) in [5, 5.41) is 1.83. The van der Waals surface area contributed by atoms with Gasteiger partial charge in [-0.15, -0.1) is 11.3 Å². The van der Waals surface area contributed by atoms with E-state index in [-0.39, 0.29) is 13.1 Å². The fourth-order valence-electron chi connectivity index (χ4n) is 1.44. The summed E-state index contributed by atoms with van der Waals surface area (Å²) >= 11 is 1.41. The number of amides is 1. The monoisotopic (exact) mass is 304 g/mol. The molecule has 0 aliphatic heterocycles. The Bertz CT molecular complexity index is 514. The van der Waals surface area contributed by atoms with Crippen LogP contribution in [0, 0.1) is 11.8 Å². The highest BCUT2D eigenvalue weighted by Crippen LogP contribution is 2.22. The summed E-state index contributed by atoms with van der Waals surface area (Å²) in [7, 11) is 1.49. The lowest BCUT2D eigenvalue weighted by Crippen LogP contribution is -2.27. The molecule has 1 aromatic heterocycles. The number of nitrogens with two attached hydrogens (primary N) is 1. The standard InChI is InChI=1S/C13H15F3N2OS/c1-18(12(19)4-5-13(14,15)16)8-11-7-10(9-20-11)3-2-6-17/h7,9H,4-6,8,17H2,1H3. The van der Waals surface area contributed by atoms with Gasteiger partial charge in [-0.2, -0.15) is 13.2 Å². The van der Waals surface area contributed by atoms with Gasteiger partial charge < -0.3 is 10.6 Å². The van der Waals surface area contributed by atoms with E-state index in [9.17, 15) is 18.0 Å². The summed E-state index contributed by atoms with van der Waals surface area (Å²) in [4.78, 5) is 13.7. The third-order valence-corrected chi connectivity index (χ3v) is 3.35. The zero-order chi connectivity index (χ0) is 15.2. The lowest BCUT2D eigenvalue weighted by molar-refractivity contribution is -0.148. The Hall–Kier alpha value is -1.52. The first kappa shape index (κ1) is 16.5. The van der Waals surface area contributed by atoms with Crippen LogP contribution in [0.1, 0.15) is 23.3 Å². The lowest BCUT2D eigenvalue weighted by Gasteiger charge is -2.16. The van der Waals surface area contributed by atoms with Crippen molar-refractivity contribution in [1.29, 1.82) is 0 Å². The first-order chi connectivity index (χ1) is 9.31. The number of alkyl halides is 3. The van der Waals surface area contributed by atoms with Crippen LogP contribution in [0.3, 0.4) is 0 Å². The molecule has 0 aromatic carbocycles. The van der Waals surface area contributed by atoms with Crippen molar-refractivity contribution in [1.82, 2.24) is 4.90 Å². The first-order valence-electron chi connectivity index (χ1n) is 5.89. The number of nitrogens with zero attached hydrogens (tertiary/aromatic N) is 1. The van der Waals surface area contributed by atoms with E-state index in [2.05, 4.69) is 11.8 Å². The number of hydrogen-bond acceptors (Lipinski definition) is 3. The Labute approximate surface area is 119 Å². The molecule has 0 unspecified atom stereocenters. The van der Waals surface area contributed by atoms with Crippen LogP contribution in [0.4, 0.5) is 13.2 Å². The van der Waals surface area contributed by atoms with E-state index in [0.29, 0.717) is 0 Å². The van der Waals surface area contributed by atoms with Gasteiger partial charge in [0.05, 0.1) is 19.5 Å². The maximum atomic E-state index is 12.0. The zero-order valence-corrected chi connectivity index (χ0v) is 11.8. The summed E-state index contributed by atoms with van der Waals surface area (Å²) in [5.74, 6) is 5.04. The van der Waals surface area contributed by atoms with Crippen LogP contribution < -0.4 is 5.73 Å². The van der Waals surface area contributed by atoms with Crippen molar-refractivity contribution in [2.24, 2.45) is 5.73 Å². The zero-order valence-electron chi connectivity index (χ0n) is 11.0. The second-order valence-electron chi connectivity index (χ2n) is 4.17. The van der Waals surface area contributed by atoms with Crippen molar-refractivity contribution in [3.8, 4) is 11.8 Å². The van der Waals surface area contributed by atoms with Crippen molar-refractivity contribution in [3.05, 3.63) is 21.9 Å². The molecule has 0 saturated heterocycles. The molecule has 0 fully saturated rings. The first-order valence-corrected chi connectivity index (χ1v) is 6.77.